The predicted molar refractivity (Wildman–Crippen MR) is 84.4 cm³/mol. The van der Waals surface area contributed by atoms with E-state index >= 15 is 0 Å². The fourth-order valence-corrected chi connectivity index (χ4v) is 2.53. The molecule has 3 nitrogen and oxygen atoms in total. The van der Waals surface area contributed by atoms with Crippen molar-refractivity contribution >= 4 is 35.1 Å². The number of hydrogen-bond donors (Lipinski definition) is 1. The molecule has 0 saturated carbocycles. The third-order valence-electron chi connectivity index (χ3n) is 2.66. The molecule has 1 aromatic heterocycles. The minimum absolute atomic E-state index is 0.0682. The molecule has 1 N–H and O–H groups in total. The van der Waals surface area contributed by atoms with Gasteiger partial charge in [-0.05, 0) is 49.7 Å². The highest BCUT2D eigenvalue weighted by atomic mass is 35.5. The average molecular weight is 307 g/mol. The van der Waals surface area contributed by atoms with E-state index in [9.17, 15) is 4.79 Å². The van der Waals surface area contributed by atoms with Crippen molar-refractivity contribution in [2.24, 2.45) is 0 Å². The van der Waals surface area contributed by atoms with Crippen LogP contribution in [0.25, 0.3) is 0 Å². The van der Waals surface area contributed by atoms with Gasteiger partial charge in [-0.3, -0.25) is 4.79 Å². The Bertz CT molecular complexity index is 584. The maximum Gasteiger partial charge on any atom is 0.238 e. The molecule has 0 aliphatic rings. The Morgan fingerprint density at radius 2 is 1.95 bits per heavy atom. The van der Waals surface area contributed by atoms with E-state index in [1.54, 1.807) is 12.3 Å². The molecule has 1 aromatic carbocycles. The minimum Gasteiger partial charge on any atom is -0.310 e. The summed E-state index contributed by atoms with van der Waals surface area (Å²) in [5.74, 6) is 0.505. The molecule has 20 heavy (non-hydrogen) atoms. The first-order chi connectivity index (χ1) is 9.54. The monoisotopic (exact) mass is 306 g/mol. The quantitative estimate of drug-likeness (QED) is 0.862. The van der Waals surface area contributed by atoms with E-state index in [1.165, 1.54) is 11.8 Å². The van der Waals surface area contributed by atoms with Crippen LogP contribution in [0.2, 0.25) is 5.02 Å². The number of benzene rings is 1. The van der Waals surface area contributed by atoms with Crippen molar-refractivity contribution in [1.82, 2.24) is 4.98 Å². The van der Waals surface area contributed by atoms with Crippen molar-refractivity contribution in [3.63, 3.8) is 0 Å². The fraction of sp³-hybridized carbons (Fsp3) is 0.200. The lowest BCUT2D eigenvalue weighted by molar-refractivity contribution is -0.115. The first-order valence-corrected chi connectivity index (χ1v) is 7.46. The minimum atomic E-state index is -0.209. The van der Waals surface area contributed by atoms with E-state index < -0.39 is 0 Å². The van der Waals surface area contributed by atoms with Crippen LogP contribution in [0.15, 0.2) is 47.5 Å². The van der Waals surface area contributed by atoms with Crippen molar-refractivity contribution < 1.29 is 4.79 Å². The molecule has 0 aliphatic heterocycles. The van der Waals surface area contributed by atoms with Gasteiger partial charge in [0.1, 0.15) is 5.82 Å². The van der Waals surface area contributed by atoms with Gasteiger partial charge in [-0.25, -0.2) is 4.98 Å². The Labute approximate surface area is 127 Å². The zero-order valence-corrected chi connectivity index (χ0v) is 12.8. The number of aromatic nitrogens is 1. The third kappa shape index (κ3) is 4.25. The zero-order valence-electron chi connectivity index (χ0n) is 11.3. The maximum atomic E-state index is 12.1. The summed E-state index contributed by atoms with van der Waals surface area (Å²) in [7, 11) is 0. The fourth-order valence-electron chi connectivity index (χ4n) is 1.54. The standard InChI is InChI=1S/C15H15ClN2OS/c1-10-3-8-14(17-9-10)18-15(19)11(2)20-13-6-4-12(16)5-7-13/h3-9,11H,1-2H3,(H,17,18,19). The Morgan fingerprint density at radius 3 is 2.55 bits per heavy atom. The highest BCUT2D eigenvalue weighted by molar-refractivity contribution is 8.00. The van der Waals surface area contributed by atoms with Crippen molar-refractivity contribution in [3.8, 4) is 0 Å². The molecule has 1 unspecified atom stereocenters. The van der Waals surface area contributed by atoms with Crippen LogP contribution in [-0.4, -0.2) is 16.1 Å². The lowest BCUT2D eigenvalue weighted by Gasteiger charge is -2.11. The molecule has 0 aliphatic carbocycles. The van der Waals surface area contributed by atoms with Crippen molar-refractivity contribution in [2.75, 3.05) is 5.32 Å². The highest BCUT2D eigenvalue weighted by Crippen LogP contribution is 2.25. The Morgan fingerprint density at radius 1 is 1.25 bits per heavy atom. The van der Waals surface area contributed by atoms with E-state index in [1.807, 2.05) is 44.2 Å². The summed E-state index contributed by atoms with van der Waals surface area (Å²) in [6.45, 7) is 3.82. The van der Waals surface area contributed by atoms with Crippen molar-refractivity contribution in [1.29, 1.82) is 0 Å². The molecule has 2 aromatic rings. The number of pyridine rings is 1. The number of nitrogens with one attached hydrogen (secondary N) is 1. The molecule has 5 heteroatoms. The Balaban J connectivity index is 1.94. The van der Waals surface area contributed by atoms with Crippen LogP contribution in [0.4, 0.5) is 5.82 Å². The predicted octanol–water partition coefficient (Wildman–Crippen LogP) is 4.16. The SMILES string of the molecule is Cc1ccc(NC(=O)C(C)Sc2ccc(Cl)cc2)nc1. The van der Waals surface area contributed by atoms with Gasteiger partial charge < -0.3 is 5.32 Å². The molecule has 2 rings (SSSR count). The van der Waals surface area contributed by atoms with Crippen LogP contribution in [-0.2, 0) is 4.79 Å². The summed E-state index contributed by atoms with van der Waals surface area (Å²) in [5.41, 5.74) is 1.06. The van der Waals surface area contributed by atoms with Gasteiger partial charge in [0, 0.05) is 16.1 Å². The summed E-state index contributed by atoms with van der Waals surface area (Å²) in [6, 6.07) is 11.2. The van der Waals surface area contributed by atoms with Crippen LogP contribution in [0.1, 0.15) is 12.5 Å². The number of hydrogen-bond acceptors (Lipinski definition) is 3. The first-order valence-electron chi connectivity index (χ1n) is 6.20. The number of halogens is 1. The molecule has 104 valence electrons. The second-order valence-electron chi connectivity index (χ2n) is 4.42. The molecule has 0 bridgehead atoms. The molecule has 0 radical (unpaired) electrons. The normalized spacial score (nSPS) is 11.9. The second-order valence-corrected chi connectivity index (χ2v) is 6.27. The van der Waals surface area contributed by atoms with Crippen LogP contribution in [0.5, 0.6) is 0 Å². The summed E-state index contributed by atoms with van der Waals surface area (Å²) in [5, 5.41) is 3.28. The molecule has 0 spiro atoms. The van der Waals surface area contributed by atoms with E-state index in [-0.39, 0.29) is 11.2 Å². The zero-order chi connectivity index (χ0) is 14.5. The largest absolute Gasteiger partial charge is 0.310 e. The van der Waals surface area contributed by atoms with Crippen molar-refractivity contribution in [2.45, 2.75) is 24.0 Å². The molecular formula is C15H15ClN2OS. The molecule has 0 fully saturated rings. The Hall–Kier alpha value is -1.52. The summed E-state index contributed by atoms with van der Waals surface area (Å²) in [4.78, 5) is 17.2. The molecule has 0 saturated heterocycles. The van der Waals surface area contributed by atoms with E-state index in [0.29, 0.717) is 10.8 Å². The lowest BCUT2D eigenvalue weighted by atomic mass is 10.3. The van der Waals surface area contributed by atoms with Gasteiger partial charge in [0.2, 0.25) is 5.91 Å². The van der Waals surface area contributed by atoms with Crippen LogP contribution in [0, 0.1) is 6.92 Å². The Kier molecular flexibility index (Phi) is 5.04. The number of rotatable bonds is 4. The highest BCUT2D eigenvalue weighted by Gasteiger charge is 2.14. The molecular weight excluding hydrogens is 292 g/mol. The van der Waals surface area contributed by atoms with Gasteiger partial charge in [0.15, 0.2) is 0 Å². The van der Waals surface area contributed by atoms with Crippen LogP contribution >= 0.6 is 23.4 Å². The van der Waals surface area contributed by atoms with Gasteiger partial charge in [-0.2, -0.15) is 0 Å². The topological polar surface area (TPSA) is 42.0 Å². The van der Waals surface area contributed by atoms with E-state index in [4.69, 9.17) is 11.6 Å². The van der Waals surface area contributed by atoms with Gasteiger partial charge in [-0.1, -0.05) is 17.7 Å². The number of carbonyl (C=O) groups excluding carboxylic acids is 1. The molecule has 1 atom stereocenters. The van der Waals surface area contributed by atoms with Gasteiger partial charge in [0.25, 0.3) is 0 Å². The summed E-state index contributed by atoms with van der Waals surface area (Å²) in [6.07, 6.45) is 1.73. The number of aryl methyl sites for hydroxylation is 1. The number of anilines is 1. The number of nitrogens with zero attached hydrogens (tertiary/aromatic N) is 1. The van der Waals surface area contributed by atoms with Gasteiger partial charge >= 0.3 is 0 Å². The average Bonchev–Trinajstić information content (AvgIpc) is 2.44. The van der Waals surface area contributed by atoms with Crippen molar-refractivity contribution in [3.05, 3.63) is 53.2 Å². The third-order valence-corrected chi connectivity index (χ3v) is 4.02. The summed E-state index contributed by atoms with van der Waals surface area (Å²) >= 11 is 7.32. The first kappa shape index (κ1) is 14.9. The molecule has 1 heterocycles. The molecule has 1 amide bonds. The van der Waals surface area contributed by atoms with Crippen LogP contribution in [0.3, 0.4) is 0 Å². The lowest BCUT2D eigenvalue weighted by Crippen LogP contribution is -2.22. The number of thioether (sulfide) groups is 1. The number of carbonyl (C=O) groups is 1. The van der Waals surface area contributed by atoms with E-state index in [0.717, 1.165) is 10.5 Å². The van der Waals surface area contributed by atoms with E-state index in [2.05, 4.69) is 10.3 Å². The smallest absolute Gasteiger partial charge is 0.238 e. The van der Waals surface area contributed by atoms with Crippen LogP contribution < -0.4 is 5.32 Å². The second kappa shape index (κ2) is 6.77. The van der Waals surface area contributed by atoms with Gasteiger partial charge in [0.05, 0.1) is 5.25 Å². The van der Waals surface area contributed by atoms with Gasteiger partial charge in [-0.15, -0.1) is 11.8 Å². The summed E-state index contributed by atoms with van der Waals surface area (Å²) < 4.78 is 0. The maximum absolute atomic E-state index is 12.1. The number of amides is 1.